The lowest BCUT2D eigenvalue weighted by Crippen LogP contribution is -2.24. The fraction of sp³-hybridized carbons (Fsp3) is 0.100. The van der Waals surface area contributed by atoms with Gasteiger partial charge in [-0.2, -0.15) is 9.61 Å². The molecule has 2 heterocycles. The standard InChI is InChI=1S/C20H17N5O/c1-14-7-9-15(10-8-14)17-11-12-18-22-23-19(25(18)24-17)13-21-20(26)16-5-3-2-4-6-16/h2-12H,13H2,1H3,(H,21,26). The van der Waals surface area contributed by atoms with Crippen molar-refractivity contribution >= 4 is 11.6 Å². The van der Waals surface area contributed by atoms with Crippen LogP contribution in [0.5, 0.6) is 0 Å². The molecular formula is C20H17N5O. The van der Waals surface area contributed by atoms with Gasteiger partial charge in [0.1, 0.15) is 0 Å². The van der Waals surface area contributed by atoms with E-state index in [9.17, 15) is 4.79 Å². The topological polar surface area (TPSA) is 72.2 Å². The highest BCUT2D eigenvalue weighted by Gasteiger charge is 2.11. The van der Waals surface area contributed by atoms with Crippen LogP contribution in [0.2, 0.25) is 0 Å². The van der Waals surface area contributed by atoms with Gasteiger partial charge < -0.3 is 5.32 Å². The van der Waals surface area contributed by atoms with Crippen molar-refractivity contribution < 1.29 is 4.79 Å². The molecule has 0 aliphatic carbocycles. The van der Waals surface area contributed by atoms with Crippen molar-refractivity contribution in [2.24, 2.45) is 0 Å². The van der Waals surface area contributed by atoms with Crippen LogP contribution in [0, 0.1) is 6.92 Å². The lowest BCUT2D eigenvalue weighted by Gasteiger charge is -2.05. The predicted molar refractivity (Wildman–Crippen MR) is 98.6 cm³/mol. The van der Waals surface area contributed by atoms with Crippen LogP contribution < -0.4 is 5.32 Å². The van der Waals surface area contributed by atoms with Crippen LogP contribution in [0.1, 0.15) is 21.7 Å². The summed E-state index contributed by atoms with van der Waals surface area (Å²) in [5.74, 6) is 0.426. The van der Waals surface area contributed by atoms with E-state index in [4.69, 9.17) is 0 Å². The maximum absolute atomic E-state index is 12.2. The van der Waals surface area contributed by atoms with Gasteiger partial charge >= 0.3 is 0 Å². The Balaban J connectivity index is 1.58. The van der Waals surface area contributed by atoms with Crippen molar-refractivity contribution in [3.8, 4) is 11.3 Å². The Bertz CT molecular complexity index is 1050. The van der Waals surface area contributed by atoms with Gasteiger partial charge in [-0.3, -0.25) is 4.79 Å². The van der Waals surface area contributed by atoms with Gasteiger partial charge in [-0.1, -0.05) is 48.0 Å². The number of rotatable bonds is 4. The molecule has 0 bridgehead atoms. The second-order valence-corrected chi connectivity index (χ2v) is 6.02. The minimum atomic E-state index is -0.156. The number of carbonyl (C=O) groups is 1. The number of nitrogens with one attached hydrogen (secondary N) is 1. The van der Waals surface area contributed by atoms with E-state index in [1.807, 2.05) is 61.5 Å². The van der Waals surface area contributed by atoms with Crippen molar-refractivity contribution in [3.05, 3.63) is 83.7 Å². The second-order valence-electron chi connectivity index (χ2n) is 6.02. The molecule has 0 saturated carbocycles. The van der Waals surface area contributed by atoms with Crippen LogP contribution in [-0.2, 0) is 6.54 Å². The molecule has 0 aliphatic heterocycles. The molecule has 0 atom stereocenters. The molecule has 26 heavy (non-hydrogen) atoms. The molecule has 2 aromatic carbocycles. The summed E-state index contributed by atoms with van der Waals surface area (Å²) < 4.78 is 1.67. The normalized spacial score (nSPS) is 10.8. The lowest BCUT2D eigenvalue weighted by atomic mass is 10.1. The molecule has 0 unspecified atom stereocenters. The summed E-state index contributed by atoms with van der Waals surface area (Å²) in [4.78, 5) is 12.2. The summed E-state index contributed by atoms with van der Waals surface area (Å²) in [6.45, 7) is 2.30. The van der Waals surface area contributed by atoms with Crippen LogP contribution >= 0.6 is 0 Å². The van der Waals surface area contributed by atoms with Gasteiger partial charge in [0.25, 0.3) is 5.91 Å². The summed E-state index contributed by atoms with van der Waals surface area (Å²) in [7, 11) is 0. The van der Waals surface area contributed by atoms with E-state index in [1.54, 1.807) is 16.6 Å². The van der Waals surface area contributed by atoms with Crippen LogP contribution in [0.25, 0.3) is 16.9 Å². The van der Waals surface area contributed by atoms with E-state index in [1.165, 1.54) is 5.56 Å². The van der Waals surface area contributed by atoms with Crippen molar-refractivity contribution in [3.63, 3.8) is 0 Å². The Morgan fingerprint density at radius 2 is 1.73 bits per heavy atom. The van der Waals surface area contributed by atoms with Gasteiger partial charge in [0.15, 0.2) is 11.5 Å². The lowest BCUT2D eigenvalue weighted by molar-refractivity contribution is 0.0949. The number of aromatic nitrogens is 4. The Kier molecular flexibility index (Phi) is 4.15. The maximum Gasteiger partial charge on any atom is 0.251 e. The molecule has 4 aromatic rings. The molecule has 4 rings (SSSR count). The molecule has 0 saturated heterocycles. The fourth-order valence-corrected chi connectivity index (χ4v) is 2.67. The van der Waals surface area contributed by atoms with E-state index in [0.717, 1.165) is 11.3 Å². The van der Waals surface area contributed by atoms with Gasteiger partial charge in [-0.25, -0.2) is 0 Å². The Labute approximate surface area is 150 Å². The first kappa shape index (κ1) is 16.0. The quantitative estimate of drug-likeness (QED) is 0.618. The first-order valence-electron chi connectivity index (χ1n) is 8.32. The van der Waals surface area contributed by atoms with Crippen LogP contribution in [0.4, 0.5) is 0 Å². The minimum absolute atomic E-state index is 0.156. The smallest absolute Gasteiger partial charge is 0.251 e. The van der Waals surface area contributed by atoms with E-state index in [-0.39, 0.29) is 12.5 Å². The number of hydrogen-bond donors (Lipinski definition) is 1. The number of benzene rings is 2. The van der Waals surface area contributed by atoms with E-state index >= 15 is 0 Å². The van der Waals surface area contributed by atoms with Crippen LogP contribution in [0.3, 0.4) is 0 Å². The molecule has 0 spiro atoms. The third kappa shape index (κ3) is 3.17. The third-order valence-electron chi connectivity index (χ3n) is 4.12. The van der Waals surface area contributed by atoms with Crippen molar-refractivity contribution in [1.82, 2.24) is 25.1 Å². The van der Waals surface area contributed by atoms with E-state index < -0.39 is 0 Å². The average Bonchev–Trinajstić information content (AvgIpc) is 3.09. The van der Waals surface area contributed by atoms with Crippen molar-refractivity contribution in [1.29, 1.82) is 0 Å². The van der Waals surface area contributed by atoms with E-state index in [2.05, 4.69) is 20.6 Å². The van der Waals surface area contributed by atoms with Gasteiger partial charge in [0.2, 0.25) is 0 Å². The Hall–Kier alpha value is -3.54. The summed E-state index contributed by atoms with van der Waals surface area (Å²) in [6, 6.07) is 21.0. The zero-order chi connectivity index (χ0) is 17.9. The molecule has 1 amide bonds. The molecule has 2 aromatic heterocycles. The SMILES string of the molecule is Cc1ccc(-c2ccc3nnc(CNC(=O)c4ccccc4)n3n2)cc1. The molecular weight excluding hydrogens is 326 g/mol. The first-order valence-corrected chi connectivity index (χ1v) is 8.32. The van der Waals surface area contributed by atoms with Crippen LogP contribution in [0.15, 0.2) is 66.7 Å². The van der Waals surface area contributed by atoms with E-state index in [0.29, 0.717) is 17.0 Å². The number of hydrogen-bond acceptors (Lipinski definition) is 4. The molecule has 1 N–H and O–H groups in total. The summed E-state index contributed by atoms with van der Waals surface area (Å²) in [5, 5.41) is 15.7. The van der Waals surface area contributed by atoms with Crippen molar-refractivity contribution in [2.75, 3.05) is 0 Å². The highest BCUT2D eigenvalue weighted by molar-refractivity contribution is 5.94. The predicted octanol–water partition coefficient (Wildman–Crippen LogP) is 3.03. The summed E-state index contributed by atoms with van der Waals surface area (Å²) >= 11 is 0. The van der Waals surface area contributed by atoms with Crippen LogP contribution in [-0.4, -0.2) is 25.7 Å². The molecule has 0 aliphatic rings. The zero-order valence-corrected chi connectivity index (χ0v) is 14.3. The highest BCUT2D eigenvalue weighted by Crippen LogP contribution is 2.18. The van der Waals surface area contributed by atoms with Gasteiger partial charge in [0.05, 0.1) is 12.2 Å². The molecule has 6 nitrogen and oxygen atoms in total. The fourth-order valence-electron chi connectivity index (χ4n) is 2.67. The molecule has 6 heteroatoms. The molecule has 128 valence electrons. The first-order chi connectivity index (χ1) is 12.7. The van der Waals surface area contributed by atoms with Gasteiger partial charge in [-0.05, 0) is 31.2 Å². The van der Waals surface area contributed by atoms with Crippen molar-refractivity contribution in [2.45, 2.75) is 13.5 Å². The minimum Gasteiger partial charge on any atom is -0.345 e. The van der Waals surface area contributed by atoms with Gasteiger partial charge in [0, 0.05) is 11.1 Å². The molecule has 0 fully saturated rings. The maximum atomic E-state index is 12.2. The third-order valence-corrected chi connectivity index (χ3v) is 4.12. The zero-order valence-electron chi connectivity index (χ0n) is 14.3. The number of fused-ring (bicyclic) bond motifs is 1. The molecule has 0 radical (unpaired) electrons. The highest BCUT2D eigenvalue weighted by atomic mass is 16.1. The number of amides is 1. The number of aryl methyl sites for hydroxylation is 1. The van der Waals surface area contributed by atoms with Gasteiger partial charge in [-0.15, -0.1) is 10.2 Å². The average molecular weight is 343 g/mol. The largest absolute Gasteiger partial charge is 0.345 e. The number of carbonyl (C=O) groups excluding carboxylic acids is 1. The Morgan fingerprint density at radius 1 is 0.962 bits per heavy atom. The summed E-state index contributed by atoms with van der Waals surface area (Å²) in [6.07, 6.45) is 0. The number of nitrogens with zero attached hydrogens (tertiary/aromatic N) is 4. The monoisotopic (exact) mass is 343 g/mol. The Morgan fingerprint density at radius 3 is 2.50 bits per heavy atom. The second kappa shape index (κ2) is 6.76. The summed E-state index contributed by atoms with van der Waals surface area (Å²) in [5.41, 5.74) is 4.29.